The Balaban J connectivity index is 1.61. The maximum absolute atomic E-state index is 14.0. The molecule has 0 radical (unpaired) electrons. The van der Waals surface area contributed by atoms with Crippen LogP contribution in [0, 0.1) is 0 Å². The molecule has 3 aromatic carbocycles. The van der Waals surface area contributed by atoms with Gasteiger partial charge in [0, 0.05) is 30.9 Å². The molecular weight excluding hydrogens is 494 g/mol. The average molecular weight is 524 g/mol. The average Bonchev–Trinajstić information content (AvgIpc) is 3.25. The van der Waals surface area contributed by atoms with Gasteiger partial charge in [-0.3, -0.25) is 9.36 Å². The van der Waals surface area contributed by atoms with Crippen LogP contribution in [0.25, 0.3) is 11.8 Å². The third kappa shape index (κ3) is 3.94. The molecule has 1 aliphatic heterocycles. The van der Waals surface area contributed by atoms with Crippen LogP contribution in [0.4, 0.5) is 5.69 Å². The zero-order valence-corrected chi connectivity index (χ0v) is 22.7. The first-order valence-electron chi connectivity index (χ1n) is 12.6. The van der Waals surface area contributed by atoms with Crippen LogP contribution in [-0.2, 0) is 6.42 Å². The van der Waals surface area contributed by atoms with Crippen molar-refractivity contribution in [2.75, 3.05) is 33.2 Å². The lowest BCUT2D eigenvalue weighted by Gasteiger charge is -2.31. The molecule has 0 saturated heterocycles. The molecule has 1 unspecified atom stereocenters. The van der Waals surface area contributed by atoms with Crippen molar-refractivity contribution in [2.45, 2.75) is 18.9 Å². The number of hydrogen-bond acceptors (Lipinski definition) is 6. The largest absolute Gasteiger partial charge is 0.493 e. The standard InChI is InChI=1S/C31H29N3O3S/c1-33(2)21-15-12-19(13-16-21)18-26-30(35)34-28(24-10-7-11-25(36-3)29(24)37-4)23-17-14-20-8-5-6-9-22(20)27(23)32-31(34)38-26/h5-13,15-16,18,28H,14,17H2,1-4H3. The maximum Gasteiger partial charge on any atom is 0.271 e. The molecule has 1 atom stereocenters. The van der Waals surface area contributed by atoms with Crippen LogP contribution in [0.5, 0.6) is 11.5 Å². The SMILES string of the molecule is COc1cccc(C2C3=C(N=c4sc(=Cc5ccc(N(C)C)cc5)c(=O)n42)c2ccccc2CC3)c1OC. The van der Waals surface area contributed by atoms with Crippen LogP contribution in [0.15, 0.2) is 82.1 Å². The topological polar surface area (TPSA) is 56.1 Å². The van der Waals surface area contributed by atoms with Gasteiger partial charge in [0.05, 0.1) is 30.5 Å². The fraction of sp³-hybridized carbons (Fsp3) is 0.226. The van der Waals surface area contributed by atoms with Crippen molar-refractivity contribution in [1.82, 2.24) is 4.57 Å². The van der Waals surface area contributed by atoms with Crippen molar-refractivity contribution in [2.24, 2.45) is 4.99 Å². The predicted molar refractivity (Wildman–Crippen MR) is 153 cm³/mol. The molecule has 6 rings (SSSR count). The summed E-state index contributed by atoms with van der Waals surface area (Å²) in [4.78, 5) is 21.9. The van der Waals surface area contributed by atoms with Crippen LogP contribution in [-0.4, -0.2) is 32.9 Å². The van der Waals surface area contributed by atoms with Gasteiger partial charge in [-0.05, 0) is 53.8 Å². The number of para-hydroxylation sites is 1. The van der Waals surface area contributed by atoms with Crippen LogP contribution in [0.2, 0.25) is 0 Å². The maximum atomic E-state index is 14.0. The lowest BCUT2D eigenvalue weighted by Crippen LogP contribution is -2.39. The quantitative estimate of drug-likeness (QED) is 0.389. The van der Waals surface area contributed by atoms with E-state index in [1.54, 1.807) is 14.2 Å². The summed E-state index contributed by atoms with van der Waals surface area (Å²) in [6.45, 7) is 0. The first-order chi connectivity index (χ1) is 18.5. The van der Waals surface area contributed by atoms with Crippen molar-refractivity contribution >= 4 is 28.8 Å². The molecular formula is C31H29N3O3S. The Morgan fingerprint density at radius 2 is 1.76 bits per heavy atom. The summed E-state index contributed by atoms with van der Waals surface area (Å²) in [5.41, 5.74) is 7.45. The van der Waals surface area contributed by atoms with Gasteiger partial charge in [-0.2, -0.15) is 0 Å². The minimum Gasteiger partial charge on any atom is -0.493 e. The second-order valence-corrected chi connectivity index (χ2v) is 10.7. The van der Waals surface area contributed by atoms with Crippen LogP contribution in [0.3, 0.4) is 0 Å². The van der Waals surface area contributed by atoms with Crippen LogP contribution >= 0.6 is 11.3 Å². The molecule has 0 N–H and O–H groups in total. The van der Waals surface area contributed by atoms with Crippen LogP contribution < -0.4 is 29.3 Å². The van der Waals surface area contributed by atoms with E-state index in [1.807, 2.05) is 55.1 Å². The highest BCUT2D eigenvalue weighted by molar-refractivity contribution is 7.07. The van der Waals surface area contributed by atoms with Gasteiger partial charge in [0.25, 0.3) is 5.56 Å². The second kappa shape index (κ2) is 9.65. The van der Waals surface area contributed by atoms with Crippen molar-refractivity contribution in [1.29, 1.82) is 0 Å². The van der Waals surface area contributed by atoms with E-state index in [0.717, 1.165) is 46.5 Å². The highest BCUT2D eigenvalue weighted by Crippen LogP contribution is 2.45. The number of nitrogens with zero attached hydrogens (tertiary/aromatic N) is 3. The van der Waals surface area contributed by atoms with Gasteiger partial charge < -0.3 is 14.4 Å². The summed E-state index contributed by atoms with van der Waals surface area (Å²) >= 11 is 1.43. The molecule has 1 aromatic heterocycles. The molecule has 1 aliphatic carbocycles. The van der Waals surface area contributed by atoms with E-state index >= 15 is 0 Å². The highest BCUT2D eigenvalue weighted by atomic mass is 32.1. The fourth-order valence-electron chi connectivity index (χ4n) is 5.45. The number of rotatable bonds is 5. The van der Waals surface area contributed by atoms with E-state index in [-0.39, 0.29) is 11.6 Å². The molecule has 6 nitrogen and oxygen atoms in total. The number of methoxy groups -OCH3 is 2. The minimum atomic E-state index is -0.335. The molecule has 192 valence electrons. The van der Waals surface area contributed by atoms with Gasteiger partial charge >= 0.3 is 0 Å². The van der Waals surface area contributed by atoms with Crippen LogP contribution in [0.1, 0.15) is 34.7 Å². The molecule has 0 saturated carbocycles. The van der Waals surface area contributed by atoms with Gasteiger partial charge in [-0.1, -0.05) is 59.9 Å². The van der Waals surface area contributed by atoms with Crippen molar-refractivity contribution in [3.8, 4) is 11.5 Å². The summed E-state index contributed by atoms with van der Waals surface area (Å²) in [5, 5.41) is 0. The minimum absolute atomic E-state index is 0.0503. The van der Waals surface area contributed by atoms with E-state index in [9.17, 15) is 4.79 Å². The van der Waals surface area contributed by atoms with E-state index in [4.69, 9.17) is 14.5 Å². The van der Waals surface area contributed by atoms with E-state index in [1.165, 1.54) is 16.9 Å². The monoisotopic (exact) mass is 523 g/mol. The molecule has 0 amide bonds. The Labute approximate surface area is 225 Å². The van der Waals surface area contributed by atoms with E-state index in [0.29, 0.717) is 20.8 Å². The Kier molecular flexibility index (Phi) is 6.16. The molecule has 0 bridgehead atoms. The zero-order valence-electron chi connectivity index (χ0n) is 21.9. The van der Waals surface area contributed by atoms with Crippen molar-refractivity contribution < 1.29 is 9.47 Å². The molecule has 7 heteroatoms. The number of allylic oxidation sites excluding steroid dienone is 1. The first-order valence-corrected chi connectivity index (χ1v) is 13.4. The second-order valence-electron chi connectivity index (χ2n) is 9.68. The smallest absolute Gasteiger partial charge is 0.271 e. The highest BCUT2D eigenvalue weighted by Gasteiger charge is 2.34. The third-order valence-electron chi connectivity index (χ3n) is 7.31. The molecule has 0 spiro atoms. The van der Waals surface area contributed by atoms with E-state index in [2.05, 4.69) is 41.3 Å². The van der Waals surface area contributed by atoms with Crippen molar-refractivity contribution in [3.63, 3.8) is 0 Å². The Morgan fingerprint density at radius 3 is 2.50 bits per heavy atom. The molecule has 2 heterocycles. The Hall–Kier alpha value is -4.10. The number of fused-ring (bicyclic) bond motifs is 3. The molecule has 0 fully saturated rings. The number of benzene rings is 3. The Morgan fingerprint density at radius 1 is 0.974 bits per heavy atom. The van der Waals surface area contributed by atoms with Gasteiger partial charge in [-0.15, -0.1) is 0 Å². The van der Waals surface area contributed by atoms with Gasteiger partial charge in [0.1, 0.15) is 0 Å². The Bertz CT molecular complexity index is 1750. The first kappa shape index (κ1) is 24.2. The number of hydrogen-bond donors (Lipinski definition) is 0. The lowest BCUT2D eigenvalue weighted by atomic mass is 9.83. The van der Waals surface area contributed by atoms with Gasteiger partial charge in [-0.25, -0.2) is 4.99 Å². The molecule has 2 aliphatic rings. The summed E-state index contributed by atoms with van der Waals surface area (Å²) in [6, 6.07) is 22.2. The number of aromatic nitrogens is 1. The predicted octanol–water partition coefficient (Wildman–Crippen LogP) is 4.40. The molecule has 38 heavy (non-hydrogen) atoms. The number of thiazole rings is 1. The summed E-state index contributed by atoms with van der Waals surface area (Å²) < 4.78 is 14.0. The third-order valence-corrected chi connectivity index (χ3v) is 8.29. The number of aryl methyl sites for hydroxylation is 1. The summed E-state index contributed by atoms with van der Waals surface area (Å²) in [7, 11) is 7.31. The molecule has 4 aromatic rings. The lowest BCUT2D eigenvalue weighted by molar-refractivity contribution is 0.348. The van der Waals surface area contributed by atoms with E-state index < -0.39 is 0 Å². The number of anilines is 1. The van der Waals surface area contributed by atoms with Crippen molar-refractivity contribution in [3.05, 3.63) is 114 Å². The fourth-order valence-corrected chi connectivity index (χ4v) is 6.45. The number of ether oxygens (including phenoxy) is 2. The van der Waals surface area contributed by atoms with Gasteiger partial charge in [0.2, 0.25) is 0 Å². The summed E-state index contributed by atoms with van der Waals surface area (Å²) in [5.74, 6) is 1.28. The van der Waals surface area contributed by atoms with Gasteiger partial charge in [0.15, 0.2) is 16.3 Å². The zero-order chi connectivity index (χ0) is 26.4. The normalized spacial score (nSPS) is 16.3. The summed E-state index contributed by atoms with van der Waals surface area (Å²) in [6.07, 6.45) is 3.67.